The molecule has 1 atom stereocenters. The number of ether oxygens (including phenoxy) is 1. The standard InChI is InChI=1S/C21H36N4O2.HI/c1-8-22-20(25(6)15-19(26)24-21(3,4)5)23-14-13-16(2)17-9-11-18(27-7)12-10-17;/h9-12,16H,8,13-15H2,1-7H3,(H,22,23)(H,24,26);1H. The summed E-state index contributed by atoms with van der Waals surface area (Å²) >= 11 is 0. The summed E-state index contributed by atoms with van der Waals surface area (Å²) in [5, 5.41) is 6.24. The molecule has 0 bridgehead atoms. The van der Waals surface area contributed by atoms with Crippen LogP contribution >= 0.6 is 24.0 Å². The number of nitrogens with zero attached hydrogens (tertiary/aromatic N) is 2. The maximum Gasteiger partial charge on any atom is 0.240 e. The van der Waals surface area contributed by atoms with E-state index in [9.17, 15) is 4.79 Å². The van der Waals surface area contributed by atoms with Crippen LogP contribution in [0.3, 0.4) is 0 Å². The Kier molecular flexibility index (Phi) is 12.2. The summed E-state index contributed by atoms with van der Waals surface area (Å²) in [6.07, 6.45) is 0.934. The number of aliphatic imine (C=N–C) groups is 1. The van der Waals surface area contributed by atoms with E-state index in [0.717, 1.165) is 24.7 Å². The number of hydrogen-bond acceptors (Lipinski definition) is 3. The molecule has 1 rings (SSSR count). The van der Waals surface area contributed by atoms with Crippen LogP contribution in [-0.2, 0) is 4.79 Å². The Bertz CT molecular complexity index is 612. The second kappa shape index (κ2) is 12.9. The van der Waals surface area contributed by atoms with Crippen LogP contribution < -0.4 is 15.4 Å². The van der Waals surface area contributed by atoms with Crippen LogP contribution in [0, 0.1) is 0 Å². The molecule has 7 heteroatoms. The van der Waals surface area contributed by atoms with Crippen LogP contribution in [0.5, 0.6) is 5.75 Å². The third kappa shape index (κ3) is 10.1. The maximum absolute atomic E-state index is 12.2. The van der Waals surface area contributed by atoms with Crippen LogP contribution in [0.25, 0.3) is 0 Å². The third-order valence-corrected chi connectivity index (χ3v) is 4.10. The molecule has 0 fully saturated rings. The molecule has 0 heterocycles. The zero-order chi connectivity index (χ0) is 20.4. The van der Waals surface area contributed by atoms with Crippen molar-refractivity contribution in [2.75, 3.05) is 33.8 Å². The molecular weight excluding hydrogens is 467 g/mol. The molecule has 2 N–H and O–H groups in total. The zero-order valence-electron chi connectivity index (χ0n) is 18.3. The van der Waals surface area contributed by atoms with Gasteiger partial charge in [-0.1, -0.05) is 19.1 Å². The molecule has 0 aliphatic heterocycles. The van der Waals surface area contributed by atoms with Gasteiger partial charge in [-0.25, -0.2) is 0 Å². The molecule has 1 amide bonds. The number of likely N-dealkylation sites (N-methyl/N-ethyl adjacent to an activating group) is 1. The van der Waals surface area contributed by atoms with E-state index in [1.165, 1.54) is 5.56 Å². The Morgan fingerprint density at radius 1 is 1.25 bits per heavy atom. The van der Waals surface area contributed by atoms with Crippen LogP contribution in [0.1, 0.15) is 52.5 Å². The van der Waals surface area contributed by atoms with Crippen molar-refractivity contribution in [2.24, 2.45) is 4.99 Å². The van der Waals surface area contributed by atoms with Crippen molar-refractivity contribution in [3.63, 3.8) is 0 Å². The minimum atomic E-state index is -0.235. The smallest absolute Gasteiger partial charge is 0.240 e. The van der Waals surface area contributed by atoms with Crippen molar-refractivity contribution in [3.05, 3.63) is 29.8 Å². The van der Waals surface area contributed by atoms with Gasteiger partial charge in [-0.05, 0) is 57.7 Å². The number of guanidine groups is 1. The first-order valence-corrected chi connectivity index (χ1v) is 9.60. The average Bonchev–Trinajstić information content (AvgIpc) is 2.59. The number of methoxy groups -OCH3 is 1. The van der Waals surface area contributed by atoms with Gasteiger partial charge >= 0.3 is 0 Å². The van der Waals surface area contributed by atoms with Gasteiger partial charge in [0.05, 0.1) is 13.7 Å². The van der Waals surface area contributed by atoms with Gasteiger partial charge in [-0.15, -0.1) is 24.0 Å². The van der Waals surface area contributed by atoms with Crippen molar-refractivity contribution in [2.45, 2.75) is 52.5 Å². The van der Waals surface area contributed by atoms with Crippen LogP contribution in [0.15, 0.2) is 29.3 Å². The molecule has 0 aliphatic rings. The molecule has 160 valence electrons. The Labute approximate surface area is 187 Å². The SMILES string of the molecule is CCNC(=NCCC(C)c1ccc(OC)cc1)N(C)CC(=O)NC(C)(C)C.I. The van der Waals surface area contributed by atoms with Crippen molar-refractivity contribution in [3.8, 4) is 5.75 Å². The lowest BCUT2D eigenvalue weighted by atomic mass is 9.98. The number of nitrogens with one attached hydrogen (secondary N) is 2. The number of hydrogen-bond donors (Lipinski definition) is 2. The summed E-state index contributed by atoms with van der Waals surface area (Å²) in [5.74, 6) is 2.01. The third-order valence-electron chi connectivity index (χ3n) is 4.10. The predicted octanol–water partition coefficient (Wildman–Crippen LogP) is 3.62. The summed E-state index contributed by atoms with van der Waals surface area (Å²) < 4.78 is 5.21. The van der Waals surface area contributed by atoms with Gasteiger partial charge in [-0.3, -0.25) is 9.79 Å². The molecule has 28 heavy (non-hydrogen) atoms. The first-order valence-electron chi connectivity index (χ1n) is 9.60. The first kappa shape index (κ1) is 26.5. The van der Waals surface area contributed by atoms with Gasteiger partial charge in [0.2, 0.25) is 5.91 Å². The highest BCUT2D eigenvalue weighted by Gasteiger charge is 2.16. The minimum absolute atomic E-state index is 0. The van der Waals surface area contributed by atoms with E-state index in [2.05, 4.69) is 34.7 Å². The van der Waals surface area contributed by atoms with Crippen molar-refractivity contribution in [1.29, 1.82) is 0 Å². The highest BCUT2D eigenvalue weighted by atomic mass is 127. The van der Waals surface area contributed by atoms with Gasteiger partial charge < -0.3 is 20.3 Å². The molecule has 1 aromatic carbocycles. The Hall–Kier alpha value is -1.51. The topological polar surface area (TPSA) is 66.0 Å². The lowest BCUT2D eigenvalue weighted by Crippen LogP contribution is -2.48. The van der Waals surface area contributed by atoms with Crippen LogP contribution in [-0.4, -0.2) is 56.1 Å². The van der Waals surface area contributed by atoms with Crippen molar-refractivity contribution >= 4 is 35.8 Å². The number of halogens is 1. The minimum Gasteiger partial charge on any atom is -0.497 e. The molecule has 0 saturated heterocycles. The Balaban J connectivity index is 0.00000729. The molecule has 0 radical (unpaired) electrons. The Morgan fingerprint density at radius 3 is 2.36 bits per heavy atom. The summed E-state index contributed by atoms with van der Waals surface area (Å²) in [4.78, 5) is 18.7. The second-order valence-electron chi connectivity index (χ2n) is 7.85. The highest BCUT2D eigenvalue weighted by Crippen LogP contribution is 2.21. The summed E-state index contributed by atoms with van der Waals surface area (Å²) in [6.45, 7) is 11.9. The van der Waals surface area contributed by atoms with Gasteiger partial charge in [0, 0.05) is 25.7 Å². The number of rotatable bonds is 8. The molecule has 0 aromatic heterocycles. The monoisotopic (exact) mass is 504 g/mol. The molecule has 0 saturated carbocycles. The Morgan fingerprint density at radius 2 is 1.86 bits per heavy atom. The summed E-state index contributed by atoms with van der Waals surface area (Å²) in [7, 11) is 3.56. The average molecular weight is 504 g/mol. The molecule has 6 nitrogen and oxygen atoms in total. The van der Waals surface area contributed by atoms with E-state index in [0.29, 0.717) is 12.5 Å². The zero-order valence-corrected chi connectivity index (χ0v) is 20.7. The van der Waals surface area contributed by atoms with Crippen LogP contribution in [0.2, 0.25) is 0 Å². The fourth-order valence-electron chi connectivity index (χ4n) is 2.68. The van der Waals surface area contributed by atoms with Gasteiger partial charge in [0.1, 0.15) is 5.75 Å². The van der Waals surface area contributed by atoms with E-state index in [-0.39, 0.29) is 42.0 Å². The van der Waals surface area contributed by atoms with E-state index in [4.69, 9.17) is 4.74 Å². The molecule has 0 aliphatic carbocycles. The quantitative estimate of drug-likeness (QED) is 0.323. The maximum atomic E-state index is 12.2. The van der Waals surface area contributed by atoms with Crippen molar-refractivity contribution < 1.29 is 9.53 Å². The normalized spacial score (nSPS) is 12.6. The van der Waals surface area contributed by atoms with Crippen molar-refractivity contribution in [1.82, 2.24) is 15.5 Å². The fourth-order valence-corrected chi connectivity index (χ4v) is 2.68. The molecule has 1 unspecified atom stereocenters. The largest absolute Gasteiger partial charge is 0.497 e. The van der Waals surface area contributed by atoms with Crippen LogP contribution in [0.4, 0.5) is 0 Å². The number of carbonyl (C=O) groups is 1. The molecule has 0 spiro atoms. The highest BCUT2D eigenvalue weighted by molar-refractivity contribution is 14.0. The van der Waals surface area contributed by atoms with E-state index in [1.807, 2.05) is 51.8 Å². The molecule has 1 aromatic rings. The van der Waals surface area contributed by atoms with Gasteiger partial charge in [0.25, 0.3) is 0 Å². The van der Waals surface area contributed by atoms with E-state index in [1.54, 1.807) is 7.11 Å². The van der Waals surface area contributed by atoms with E-state index < -0.39 is 0 Å². The van der Waals surface area contributed by atoms with E-state index >= 15 is 0 Å². The van der Waals surface area contributed by atoms with Gasteiger partial charge in [0.15, 0.2) is 5.96 Å². The fraction of sp³-hybridized carbons (Fsp3) is 0.619. The first-order chi connectivity index (χ1) is 12.7. The summed E-state index contributed by atoms with van der Waals surface area (Å²) in [5.41, 5.74) is 1.04. The molecular formula is C21H37IN4O2. The lowest BCUT2D eigenvalue weighted by Gasteiger charge is -2.25. The van der Waals surface area contributed by atoms with Gasteiger partial charge in [-0.2, -0.15) is 0 Å². The number of amides is 1. The predicted molar refractivity (Wildman–Crippen MR) is 128 cm³/mol. The second-order valence-corrected chi connectivity index (χ2v) is 7.85. The number of benzene rings is 1. The summed E-state index contributed by atoms with van der Waals surface area (Å²) in [6, 6.07) is 8.17. The lowest BCUT2D eigenvalue weighted by molar-refractivity contribution is -0.122. The number of carbonyl (C=O) groups excluding carboxylic acids is 1.